The molecule has 4 aromatic carbocycles. The van der Waals surface area contributed by atoms with Gasteiger partial charge < -0.3 is 30.3 Å². The molecule has 0 aliphatic carbocycles. The number of amides is 2. The third-order valence-corrected chi connectivity index (χ3v) is 7.71. The normalized spacial score (nSPS) is 12.1. The third-order valence-electron chi connectivity index (χ3n) is 7.71. The van der Waals surface area contributed by atoms with Crippen molar-refractivity contribution in [3.63, 3.8) is 0 Å². The fourth-order valence-electron chi connectivity index (χ4n) is 5.38. The Labute approximate surface area is 276 Å². The van der Waals surface area contributed by atoms with Crippen LogP contribution in [0.25, 0.3) is 11.1 Å². The van der Waals surface area contributed by atoms with Crippen LogP contribution in [0.2, 0.25) is 0 Å². The largest absolute Gasteiger partial charge is 0.497 e. The van der Waals surface area contributed by atoms with E-state index in [1.807, 2.05) is 0 Å². The fraction of sp³-hybridized carbons (Fsp3) is 0.235. The van der Waals surface area contributed by atoms with Crippen LogP contribution in [0.4, 0.5) is 34.1 Å². The molecule has 1 aliphatic heterocycles. The summed E-state index contributed by atoms with van der Waals surface area (Å²) in [5.74, 6) is -0.476. The molecule has 0 bridgehead atoms. The van der Waals surface area contributed by atoms with Crippen molar-refractivity contribution in [3.8, 4) is 22.6 Å². The van der Waals surface area contributed by atoms with E-state index in [0.717, 1.165) is 12.5 Å². The minimum Gasteiger partial charge on any atom is -0.497 e. The molecule has 0 saturated carbocycles. The highest BCUT2D eigenvalue weighted by Gasteiger charge is 2.35. The Morgan fingerprint density at radius 1 is 0.812 bits per heavy atom. The predicted molar refractivity (Wildman–Crippen MR) is 183 cm³/mol. The van der Waals surface area contributed by atoms with Gasteiger partial charge in [0.25, 0.3) is 17.5 Å². The number of anilines is 4. The zero-order valence-electron chi connectivity index (χ0n) is 26.7. The van der Waals surface area contributed by atoms with Crippen molar-refractivity contribution in [1.29, 1.82) is 0 Å². The summed E-state index contributed by atoms with van der Waals surface area (Å²) in [5.41, 5.74) is -0.535. The maximum atomic E-state index is 14.0. The second kappa shape index (κ2) is 14.1. The van der Waals surface area contributed by atoms with Gasteiger partial charge >= 0.3 is 5.69 Å². The summed E-state index contributed by atoms with van der Waals surface area (Å²) in [6, 6.07) is 18.1. The minimum absolute atomic E-state index is 0.0569. The van der Waals surface area contributed by atoms with Crippen LogP contribution in [0.1, 0.15) is 41.0 Å². The number of hydrogen-bond acceptors (Lipinski definition) is 10. The van der Waals surface area contributed by atoms with E-state index >= 15 is 0 Å². The van der Waals surface area contributed by atoms with Gasteiger partial charge in [0.05, 0.1) is 35.2 Å². The van der Waals surface area contributed by atoms with E-state index in [-0.39, 0.29) is 39.7 Å². The first-order valence-electron chi connectivity index (χ1n) is 15.1. The summed E-state index contributed by atoms with van der Waals surface area (Å²) >= 11 is 0. The molecule has 48 heavy (non-hydrogen) atoms. The van der Waals surface area contributed by atoms with Crippen LogP contribution < -0.4 is 30.3 Å². The van der Waals surface area contributed by atoms with Crippen LogP contribution in [0.5, 0.6) is 11.5 Å². The highest BCUT2D eigenvalue weighted by atomic mass is 16.6. The molecule has 1 saturated heterocycles. The van der Waals surface area contributed by atoms with E-state index in [0.29, 0.717) is 36.0 Å². The fourth-order valence-corrected chi connectivity index (χ4v) is 5.38. The van der Waals surface area contributed by atoms with Crippen LogP contribution in [0, 0.1) is 20.2 Å². The van der Waals surface area contributed by atoms with Crippen molar-refractivity contribution in [2.75, 3.05) is 48.2 Å². The second-order valence-corrected chi connectivity index (χ2v) is 11.3. The Balaban J connectivity index is 1.77. The van der Waals surface area contributed by atoms with Gasteiger partial charge in [-0.3, -0.25) is 29.8 Å². The van der Waals surface area contributed by atoms with Gasteiger partial charge in [0.1, 0.15) is 22.9 Å². The highest BCUT2D eigenvalue weighted by Crippen LogP contribution is 2.47. The minimum atomic E-state index is -0.715. The van der Waals surface area contributed by atoms with Crippen LogP contribution in [-0.4, -0.2) is 55.0 Å². The number of nitro benzene ring substituents is 2. The molecule has 0 unspecified atom stereocenters. The molecule has 248 valence electrons. The van der Waals surface area contributed by atoms with Crippen LogP contribution in [-0.2, 0) is 0 Å². The van der Waals surface area contributed by atoms with Crippen LogP contribution in [0.3, 0.4) is 0 Å². The lowest BCUT2D eigenvalue weighted by Gasteiger charge is -2.33. The molecular formula is C34H34N6O8. The maximum Gasteiger partial charge on any atom is 0.301 e. The second-order valence-electron chi connectivity index (χ2n) is 11.3. The molecule has 0 spiro atoms. The van der Waals surface area contributed by atoms with Gasteiger partial charge in [-0.25, -0.2) is 0 Å². The van der Waals surface area contributed by atoms with Gasteiger partial charge in [0.15, 0.2) is 0 Å². The monoisotopic (exact) mass is 654 g/mol. The van der Waals surface area contributed by atoms with Crippen molar-refractivity contribution in [3.05, 3.63) is 104 Å². The molecule has 0 radical (unpaired) electrons. The van der Waals surface area contributed by atoms with E-state index in [2.05, 4.69) is 16.0 Å². The lowest BCUT2D eigenvalue weighted by atomic mass is 9.91. The van der Waals surface area contributed by atoms with E-state index in [9.17, 15) is 29.8 Å². The third kappa shape index (κ3) is 6.97. The number of carbonyl (C=O) groups is 2. The lowest BCUT2D eigenvalue weighted by Crippen LogP contribution is -2.37. The highest BCUT2D eigenvalue weighted by molar-refractivity contribution is 6.14. The summed E-state index contributed by atoms with van der Waals surface area (Å²) in [6.07, 6.45) is 0.816. The predicted octanol–water partition coefficient (Wildman–Crippen LogP) is 6.72. The number of nitro groups is 2. The molecule has 2 amide bonds. The average Bonchev–Trinajstić information content (AvgIpc) is 3.03. The Morgan fingerprint density at radius 2 is 1.42 bits per heavy atom. The van der Waals surface area contributed by atoms with Gasteiger partial charge in [0, 0.05) is 59.8 Å². The molecule has 3 N–H and O–H groups in total. The SMILES string of the molecule is COc1cccc(NC(=O)c2cc(-c3c(C(=O)Nc4cccc(OC)c4)ccc(N4CCC4)c3[N+](=O)[O-])c(NC(C)C)c([N+](=O)[O-])c2)c1. The van der Waals surface area contributed by atoms with Crippen molar-refractivity contribution in [2.24, 2.45) is 0 Å². The molecule has 14 nitrogen and oxygen atoms in total. The van der Waals surface area contributed by atoms with Crippen LogP contribution >= 0.6 is 0 Å². The number of nitrogens with one attached hydrogen (secondary N) is 3. The van der Waals surface area contributed by atoms with E-state index in [4.69, 9.17) is 9.47 Å². The maximum absolute atomic E-state index is 14.0. The summed E-state index contributed by atoms with van der Waals surface area (Å²) < 4.78 is 10.5. The molecular weight excluding hydrogens is 620 g/mol. The molecule has 0 atom stereocenters. The topological polar surface area (TPSA) is 178 Å². The number of hydrogen-bond donors (Lipinski definition) is 3. The molecule has 1 aliphatic rings. The number of nitrogens with zero attached hydrogens (tertiary/aromatic N) is 3. The molecule has 5 rings (SSSR count). The average molecular weight is 655 g/mol. The van der Waals surface area contributed by atoms with Crippen molar-refractivity contribution in [2.45, 2.75) is 26.3 Å². The Morgan fingerprint density at radius 3 is 1.92 bits per heavy atom. The van der Waals surface area contributed by atoms with Gasteiger partial charge in [-0.2, -0.15) is 0 Å². The molecule has 1 fully saturated rings. The Bertz CT molecular complexity index is 1910. The van der Waals surface area contributed by atoms with Gasteiger partial charge in [-0.15, -0.1) is 0 Å². The van der Waals surface area contributed by atoms with Gasteiger partial charge in [-0.05, 0) is 62.7 Å². The van der Waals surface area contributed by atoms with Gasteiger partial charge in [-0.1, -0.05) is 12.1 Å². The summed E-state index contributed by atoms with van der Waals surface area (Å²) in [5, 5.41) is 34.0. The van der Waals surface area contributed by atoms with Crippen LogP contribution in [0.15, 0.2) is 72.8 Å². The zero-order chi connectivity index (χ0) is 34.5. The summed E-state index contributed by atoms with van der Waals surface area (Å²) in [7, 11) is 2.95. The summed E-state index contributed by atoms with van der Waals surface area (Å²) in [4.78, 5) is 53.7. The number of ether oxygens (including phenoxy) is 2. The molecule has 0 aromatic heterocycles. The first kappa shape index (κ1) is 33.2. The Kier molecular flexibility index (Phi) is 9.73. The standard InChI is InChI=1S/C34H34N6O8/c1-20(2)35-31-27(16-21(17-29(31)39(43)44)33(41)36-22-8-5-10-24(18-22)47-3)30-26(34(42)37-23-9-6-11-25(19-23)48-4)12-13-28(32(30)40(45)46)38-14-7-15-38/h5-6,8-13,16-20,35H,7,14-15H2,1-4H3,(H,36,41)(H,37,42). The summed E-state index contributed by atoms with van der Waals surface area (Å²) in [6.45, 7) is 4.60. The van der Waals surface area contributed by atoms with Crippen molar-refractivity contribution < 1.29 is 28.9 Å². The smallest absolute Gasteiger partial charge is 0.301 e. The van der Waals surface area contributed by atoms with Crippen molar-refractivity contribution in [1.82, 2.24) is 0 Å². The zero-order valence-corrected chi connectivity index (χ0v) is 26.7. The van der Waals surface area contributed by atoms with E-state index in [1.54, 1.807) is 67.3 Å². The van der Waals surface area contributed by atoms with Crippen molar-refractivity contribution >= 4 is 45.9 Å². The Hall–Kier alpha value is -6.18. The lowest BCUT2D eigenvalue weighted by molar-refractivity contribution is -0.384. The number of rotatable bonds is 12. The number of methoxy groups -OCH3 is 2. The molecule has 1 heterocycles. The quantitative estimate of drug-likeness (QED) is 0.110. The number of carbonyl (C=O) groups excluding carboxylic acids is 2. The molecule has 14 heteroatoms. The first-order chi connectivity index (χ1) is 23.0. The van der Waals surface area contributed by atoms with Gasteiger partial charge in [0.2, 0.25) is 0 Å². The molecule has 4 aromatic rings. The van der Waals surface area contributed by atoms with E-state index < -0.39 is 33.0 Å². The number of benzene rings is 4. The first-order valence-corrected chi connectivity index (χ1v) is 15.1. The van der Waals surface area contributed by atoms with E-state index in [1.165, 1.54) is 32.4 Å².